The Balaban J connectivity index is 1.55. The van der Waals surface area contributed by atoms with Crippen LogP contribution in [-0.2, 0) is 0 Å². The molecule has 0 amide bonds. The Morgan fingerprint density at radius 3 is 2.34 bits per heavy atom. The summed E-state index contributed by atoms with van der Waals surface area (Å²) in [5, 5.41) is 8.99. The molecule has 6 aromatic rings. The van der Waals surface area contributed by atoms with Crippen molar-refractivity contribution in [2.75, 3.05) is 7.11 Å². The normalized spacial score (nSPS) is 11.8. The molecule has 0 saturated carbocycles. The fourth-order valence-electron chi connectivity index (χ4n) is 4.07. The van der Waals surface area contributed by atoms with Gasteiger partial charge in [0.2, 0.25) is 4.96 Å². The van der Waals surface area contributed by atoms with Gasteiger partial charge in [-0.25, -0.2) is 9.07 Å². The van der Waals surface area contributed by atoms with Crippen molar-refractivity contribution >= 4 is 22.4 Å². The first-order valence-corrected chi connectivity index (χ1v) is 12.3. The highest BCUT2D eigenvalue weighted by molar-refractivity contribution is 7.15. The molecule has 186 valence electrons. The van der Waals surface area contributed by atoms with E-state index in [1.165, 1.54) is 19.2 Å². The molecule has 0 atom stereocenters. The standard InChI is InChI=1S/C28H18FN5O3S/c1-37-22-13-12-18(14-21(22)29)24-19(16-33(31-24)20-10-6-3-7-11-20)15-23-27(36)34-28(38-23)30-26(35)25(32-34)17-8-4-2-5-9-17/h2-16H,1H3/b23-15-. The van der Waals surface area contributed by atoms with Gasteiger partial charge in [0.15, 0.2) is 17.3 Å². The summed E-state index contributed by atoms with van der Waals surface area (Å²) in [6, 6.07) is 22.9. The summed E-state index contributed by atoms with van der Waals surface area (Å²) in [4.78, 5) is 30.2. The highest BCUT2D eigenvalue weighted by atomic mass is 32.1. The van der Waals surface area contributed by atoms with Crippen LogP contribution < -0.4 is 20.4 Å². The van der Waals surface area contributed by atoms with Crippen LogP contribution in [0.3, 0.4) is 0 Å². The predicted molar refractivity (Wildman–Crippen MR) is 143 cm³/mol. The summed E-state index contributed by atoms with van der Waals surface area (Å²) < 4.78 is 22.7. The molecule has 3 heterocycles. The van der Waals surface area contributed by atoms with E-state index in [4.69, 9.17) is 4.74 Å². The van der Waals surface area contributed by atoms with E-state index in [-0.39, 0.29) is 16.4 Å². The van der Waals surface area contributed by atoms with Crippen molar-refractivity contribution in [3.63, 3.8) is 0 Å². The predicted octanol–water partition coefficient (Wildman–Crippen LogP) is 3.73. The molecule has 0 saturated heterocycles. The molecule has 10 heteroatoms. The molecule has 3 aromatic carbocycles. The highest BCUT2D eigenvalue weighted by Gasteiger charge is 2.16. The van der Waals surface area contributed by atoms with Crippen LogP contribution in [0.25, 0.3) is 39.2 Å². The number of rotatable bonds is 5. The number of halogens is 1. The Morgan fingerprint density at radius 1 is 0.895 bits per heavy atom. The van der Waals surface area contributed by atoms with Gasteiger partial charge >= 0.3 is 5.56 Å². The third-order valence-corrected chi connectivity index (χ3v) is 6.87. The van der Waals surface area contributed by atoms with Gasteiger partial charge in [-0.2, -0.15) is 19.7 Å². The van der Waals surface area contributed by atoms with E-state index >= 15 is 0 Å². The van der Waals surface area contributed by atoms with Crippen LogP contribution >= 0.6 is 11.3 Å². The van der Waals surface area contributed by atoms with Crippen molar-refractivity contribution in [2.24, 2.45) is 0 Å². The minimum absolute atomic E-state index is 0.0934. The fraction of sp³-hybridized carbons (Fsp3) is 0.0357. The molecule has 0 aliphatic rings. The Hall–Kier alpha value is -4.96. The van der Waals surface area contributed by atoms with E-state index < -0.39 is 16.9 Å². The lowest BCUT2D eigenvalue weighted by Crippen LogP contribution is -2.26. The minimum atomic E-state index is -0.531. The maximum Gasteiger partial charge on any atom is 0.300 e. The van der Waals surface area contributed by atoms with Crippen LogP contribution in [0.1, 0.15) is 5.56 Å². The van der Waals surface area contributed by atoms with Gasteiger partial charge in [-0.05, 0) is 36.4 Å². The SMILES string of the molecule is COc1ccc(-c2nn(-c3ccccc3)cc2/C=c2\sc3nc(=O)c(-c4ccccc4)nn3c2=O)cc1F. The number of nitrogens with zero attached hydrogens (tertiary/aromatic N) is 5. The Labute approximate surface area is 218 Å². The van der Waals surface area contributed by atoms with E-state index in [1.54, 1.807) is 47.3 Å². The number of fused-ring (bicyclic) bond motifs is 1. The average molecular weight is 524 g/mol. The number of ether oxygens (including phenoxy) is 1. The zero-order valence-electron chi connectivity index (χ0n) is 19.9. The van der Waals surface area contributed by atoms with Crippen molar-refractivity contribution in [3.8, 4) is 34.0 Å². The second-order valence-electron chi connectivity index (χ2n) is 8.30. The smallest absolute Gasteiger partial charge is 0.300 e. The first kappa shape index (κ1) is 23.4. The van der Waals surface area contributed by atoms with Gasteiger partial charge in [0.05, 0.1) is 17.3 Å². The molecule has 0 aliphatic carbocycles. The third kappa shape index (κ3) is 4.16. The summed E-state index contributed by atoms with van der Waals surface area (Å²) in [6.07, 6.45) is 3.41. The Kier molecular flexibility index (Phi) is 5.85. The van der Waals surface area contributed by atoms with Crippen LogP contribution in [0.15, 0.2) is 94.6 Å². The molecule has 0 aliphatic heterocycles. The van der Waals surface area contributed by atoms with Crippen LogP contribution in [0, 0.1) is 5.82 Å². The van der Waals surface area contributed by atoms with Crippen LogP contribution in [0.5, 0.6) is 5.75 Å². The summed E-state index contributed by atoms with van der Waals surface area (Å²) in [5.41, 5.74) is 2.07. The molecular weight excluding hydrogens is 505 g/mol. The van der Waals surface area contributed by atoms with E-state index in [2.05, 4.69) is 15.2 Å². The second-order valence-corrected chi connectivity index (χ2v) is 9.31. The lowest BCUT2D eigenvalue weighted by molar-refractivity contribution is 0.386. The van der Waals surface area contributed by atoms with Crippen LogP contribution in [0.4, 0.5) is 4.39 Å². The van der Waals surface area contributed by atoms with Gasteiger partial charge in [0.1, 0.15) is 5.69 Å². The summed E-state index contributed by atoms with van der Waals surface area (Å²) >= 11 is 1.05. The number of hydrogen-bond donors (Lipinski definition) is 0. The Morgan fingerprint density at radius 2 is 1.63 bits per heavy atom. The molecule has 0 unspecified atom stereocenters. The molecule has 38 heavy (non-hydrogen) atoms. The molecular formula is C28H18FN5O3S. The number of para-hydroxylation sites is 1. The molecule has 0 fully saturated rings. The Bertz CT molecular complexity index is 1970. The third-order valence-electron chi connectivity index (χ3n) is 5.91. The zero-order chi connectivity index (χ0) is 26.2. The quantitative estimate of drug-likeness (QED) is 0.342. The van der Waals surface area contributed by atoms with Gasteiger partial charge in [-0.3, -0.25) is 9.59 Å². The monoisotopic (exact) mass is 523 g/mol. The van der Waals surface area contributed by atoms with E-state index in [0.29, 0.717) is 26.9 Å². The van der Waals surface area contributed by atoms with Crippen molar-refractivity contribution in [2.45, 2.75) is 0 Å². The molecule has 6 rings (SSSR count). The number of benzene rings is 3. The van der Waals surface area contributed by atoms with Crippen molar-refractivity contribution in [3.05, 3.63) is 122 Å². The molecule has 3 aromatic heterocycles. The zero-order valence-corrected chi connectivity index (χ0v) is 20.7. The molecule has 0 N–H and O–H groups in total. The number of methoxy groups -OCH3 is 1. The van der Waals surface area contributed by atoms with Gasteiger partial charge in [0, 0.05) is 22.9 Å². The average Bonchev–Trinajstić information content (AvgIpc) is 3.50. The largest absolute Gasteiger partial charge is 0.494 e. The lowest BCUT2D eigenvalue weighted by atomic mass is 10.1. The van der Waals surface area contributed by atoms with E-state index in [1.807, 2.05) is 36.4 Å². The van der Waals surface area contributed by atoms with E-state index in [0.717, 1.165) is 21.5 Å². The molecule has 8 nitrogen and oxygen atoms in total. The molecule has 0 spiro atoms. The molecule has 0 radical (unpaired) electrons. The summed E-state index contributed by atoms with van der Waals surface area (Å²) in [7, 11) is 1.40. The summed E-state index contributed by atoms with van der Waals surface area (Å²) in [6.45, 7) is 0. The minimum Gasteiger partial charge on any atom is -0.494 e. The number of aromatic nitrogens is 5. The maximum atomic E-state index is 14.6. The second kappa shape index (κ2) is 9.49. The fourth-order valence-corrected chi connectivity index (χ4v) is 4.97. The topological polar surface area (TPSA) is 91.4 Å². The first-order chi connectivity index (χ1) is 18.5. The highest BCUT2D eigenvalue weighted by Crippen LogP contribution is 2.28. The number of hydrogen-bond acceptors (Lipinski definition) is 7. The van der Waals surface area contributed by atoms with Crippen LogP contribution in [0.2, 0.25) is 0 Å². The maximum absolute atomic E-state index is 14.6. The lowest BCUT2D eigenvalue weighted by Gasteiger charge is -2.04. The van der Waals surface area contributed by atoms with Crippen molar-refractivity contribution < 1.29 is 9.13 Å². The van der Waals surface area contributed by atoms with Crippen LogP contribution in [-0.4, -0.2) is 31.5 Å². The number of thiazole rings is 1. The first-order valence-electron chi connectivity index (χ1n) is 11.5. The van der Waals surface area contributed by atoms with Gasteiger partial charge in [-0.15, -0.1) is 0 Å². The summed E-state index contributed by atoms with van der Waals surface area (Å²) in [5.74, 6) is -0.415. The van der Waals surface area contributed by atoms with Gasteiger partial charge in [0.25, 0.3) is 5.56 Å². The van der Waals surface area contributed by atoms with Gasteiger partial charge < -0.3 is 4.74 Å². The van der Waals surface area contributed by atoms with E-state index in [9.17, 15) is 14.0 Å². The molecule has 0 bridgehead atoms. The van der Waals surface area contributed by atoms with Crippen molar-refractivity contribution in [1.82, 2.24) is 24.4 Å². The van der Waals surface area contributed by atoms with Gasteiger partial charge in [-0.1, -0.05) is 59.9 Å². The van der Waals surface area contributed by atoms with Crippen molar-refractivity contribution in [1.29, 1.82) is 0 Å².